The third-order valence-electron chi connectivity index (χ3n) is 3.87. The molecule has 0 radical (unpaired) electrons. The lowest BCUT2D eigenvalue weighted by Crippen LogP contribution is -2.30. The maximum Gasteiger partial charge on any atom is 0.276 e. The van der Waals surface area contributed by atoms with Gasteiger partial charge in [0.05, 0.1) is 15.8 Å². The molecule has 2 aromatic heterocycles. The van der Waals surface area contributed by atoms with Gasteiger partial charge in [0, 0.05) is 29.1 Å². The molecule has 1 amide bonds. The summed E-state index contributed by atoms with van der Waals surface area (Å²) >= 11 is 1.61. The number of aromatic nitrogens is 2. The van der Waals surface area contributed by atoms with E-state index in [1.165, 1.54) is 4.68 Å². The van der Waals surface area contributed by atoms with E-state index >= 15 is 0 Å². The molecule has 0 bridgehead atoms. The summed E-state index contributed by atoms with van der Waals surface area (Å²) in [6.07, 6.45) is 0.992. The Labute approximate surface area is 144 Å². The summed E-state index contributed by atoms with van der Waals surface area (Å²) in [5, 5.41) is 9.03. The van der Waals surface area contributed by atoms with Gasteiger partial charge >= 0.3 is 0 Å². The van der Waals surface area contributed by atoms with E-state index in [1.807, 2.05) is 45.0 Å². The van der Waals surface area contributed by atoms with Crippen LogP contribution in [0.2, 0.25) is 0 Å². The topological polar surface area (TPSA) is 64.0 Å². The van der Waals surface area contributed by atoms with Gasteiger partial charge in [-0.2, -0.15) is 5.10 Å². The summed E-state index contributed by atoms with van der Waals surface area (Å²) in [4.78, 5) is 24.5. The molecule has 1 N–H and O–H groups in total. The molecule has 3 aromatic rings. The third kappa shape index (κ3) is 3.19. The van der Waals surface area contributed by atoms with Crippen LogP contribution in [0.5, 0.6) is 0 Å². The van der Waals surface area contributed by atoms with Gasteiger partial charge in [-0.1, -0.05) is 18.2 Å². The SMILES string of the molecule is Cc1nn(CCCC(=O)NC(C)C)c(=O)c2c1sc1ccccc12. The Bertz CT molecular complexity index is 956. The van der Waals surface area contributed by atoms with Crippen molar-refractivity contribution in [2.45, 2.75) is 46.2 Å². The molecule has 0 saturated heterocycles. The lowest BCUT2D eigenvalue weighted by molar-refractivity contribution is -0.121. The van der Waals surface area contributed by atoms with Crippen LogP contribution in [0.4, 0.5) is 0 Å². The maximum atomic E-state index is 12.8. The quantitative estimate of drug-likeness (QED) is 0.773. The number of thiophene rings is 1. The van der Waals surface area contributed by atoms with Gasteiger partial charge in [-0.3, -0.25) is 9.59 Å². The Morgan fingerprint density at radius 1 is 1.33 bits per heavy atom. The van der Waals surface area contributed by atoms with Crippen LogP contribution in [-0.4, -0.2) is 21.7 Å². The largest absolute Gasteiger partial charge is 0.354 e. The molecule has 0 saturated carbocycles. The molecule has 0 aliphatic rings. The average Bonchev–Trinajstić information content (AvgIpc) is 2.91. The van der Waals surface area contributed by atoms with E-state index in [1.54, 1.807) is 11.3 Å². The van der Waals surface area contributed by atoms with Crippen molar-refractivity contribution < 1.29 is 4.79 Å². The van der Waals surface area contributed by atoms with Crippen molar-refractivity contribution in [1.29, 1.82) is 0 Å². The normalized spacial score (nSPS) is 11.5. The van der Waals surface area contributed by atoms with Crippen molar-refractivity contribution in [3.63, 3.8) is 0 Å². The number of hydrogen-bond donors (Lipinski definition) is 1. The van der Waals surface area contributed by atoms with E-state index in [9.17, 15) is 9.59 Å². The van der Waals surface area contributed by atoms with Crippen LogP contribution in [0.1, 0.15) is 32.4 Å². The lowest BCUT2D eigenvalue weighted by Gasteiger charge is -2.09. The van der Waals surface area contributed by atoms with Gasteiger partial charge in [0.25, 0.3) is 5.56 Å². The zero-order chi connectivity index (χ0) is 17.3. The molecule has 0 spiro atoms. The monoisotopic (exact) mass is 343 g/mol. The van der Waals surface area contributed by atoms with E-state index < -0.39 is 0 Å². The van der Waals surface area contributed by atoms with Gasteiger partial charge in [-0.05, 0) is 33.3 Å². The van der Waals surface area contributed by atoms with Crippen LogP contribution in [-0.2, 0) is 11.3 Å². The first-order valence-corrected chi connectivity index (χ1v) is 8.97. The summed E-state index contributed by atoms with van der Waals surface area (Å²) in [7, 11) is 0. The van der Waals surface area contributed by atoms with Crippen LogP contribution in [0.3, 0.4) is 0 Å². The standard InChI is InChI=1S/C18H21N3O2S/c1-11(2)19-15(22)9-6-10-21-18(23)16-13-7-4-5-8-14(13)24-17(16)12(3)20-21/h4-5,7-8,11H,6,9-10H2,1-3H3,(H,19,22). The smallest absolute Gasteiger partial charge is 0.276 e. The number of amides is 1. The molecule has 0 aliphatic carbocycles. The molecular formula is C18H21N3O2S. The molecule has 0 fully saturated rings. The second-order valence-corrected chi connectivity index (χ2v) is 7.29. The number of benzene rings is 1. The Morgan fingerprint density at radius 3 is 2.83 bits per heavy atom. The fraction of sp³-hybridized carbons (Fsp3) is 0.389. The minimum atomic E-state index is -0.0719. The van der Waals surface area contributed by atoms with E-state index in [0.29, 0.717) is 19.4 Å². The van der Waals surface area contributed by atoms with Crippen molar-refractivity contribution in [3.05, 3.63) is 40.3 Å². The first-order valence-electron chi connectivity index (χ1n) is 8.15. The van der Waals surface area contributed by atoms with E-state index in [-0.39, 0.29) is 17.5 Å². The first kappa shape index (κ1) is 16.6. The number of carbonyl (C=O) groups excluding carboxylic acids is 1. The first-order chi connectivity index (χ1) is 11.5. The van der Waals surface area contributed by atoms with Crippen molar-refractivity contribution in [3.8, 4) is 0 Å². The van der Waals surface area contributed by atoms with Gasteiger partial charge in [-0.15, -0.1) is 11.3 Å². The number of fused-ring (bicyclic) bond motifs is 3. The molecule has 126 valence electrons. The summed E-state index contributed by atoms with van der Waals surface area (Å²) in [5.74, 6) is 0.0110. The third-order valence-corrected chi connectivity index (χ3v) is 5.15. The highest BCUT2D eigenvalue weighted by Gasteiger charge is 2.14. The van der Waals surface area contributed by atoms with E-state index in [2.05, 4.69) is 10.4 Å². The lowest BCUT2D eigenvalue weighted by atomic mass is 10.2. The summed E-state index contributed by atoms with van der Waals surface area (Å²) in [5.41, 5.74) is 0.787. The fourth-order valence-corrected chi connectivity index (χ4v) is 3.98. The zero-order valence-corrected chi connectivity index (χ0v) is 14.9. The fourth-order valence-electron chi connectivity index (χ4n) is 2.85. The van der Waals surface area contributed by atoms with Gasteiger partial charge < -0.3 is 5.32 Å². The summed E-state index contributed by atoms with van der Waals surface area (Å²) in [6.45, 7) is 6.25. The van der Waals surface area contributed by atoms with Crippen LogP contribution < -0.4 is 10.9 Å². The van der Waals surface area contributed by atoms with Gasteiger partial charge in [0.2, 0.25) is 5.91 Å². The highest BCUT2D eigenvalue weighted by atomic mass is 32.1. The highest BCUT2D eigenvalue weighted by Crippen LogP contribution is 2.32. The van der Waals surface area contributed by atoms with Gasteiger partial charge in [-0.25, -0.2) is 4.68 Å². The van der Waals surface area contributed by atoms with Crippen molar-refractivity contribution in [1.82, 2.24) is 15.1 Å². The molecule has 3 rings (SSSR count). The van der Waals surface area contributed by atoms with Crippen LogP contribution >= 0.6 is 11.3 Å². The Balaban J connectivity index is 1.89. The Morgan fingerprint density at radius 2 is 2.08 bits per heavy atom. The minimum absolute atomic E-state index is 0.0110. The van der Waals surface area contributed by atoms with Crippen LogP contribution in [0.25, 0.3) is 20.2 Å². The second-order valence-electron chi connectivity index (χ2n) is 6.24. The second kappa shape index (κ2) is 6.73. The van der Waals surface area contributed by atoms with Gasteiger partial charge in [0.15, 0.2) is 0 Å². The molecule has 24 heavy (non-hydrogen) atoms. The van der Waals surface area contributed by atoms with Crippen LogP contribution in [0.15, 0.2) is 29.1 Å². The minimum Gasteiger partial charge on any atom is -0.354 e. The molecule has 5 nitrogen and oxygen atoms in total. The summed E-state index contributed by atoms with van der Waals surface area (Å²) in [6, 6.07) is 8.07. The number of hydrogen-bond acceptors (Lipinski definition) is 4. The predicted molar refractivity (Wildman–Crippen MR) is 98.6 cm³/mol. The number of rotatable bonds is 5. The zero-order valence-electron chi connectivity index (χ0n) is 14.1. The average molecular weight is 343 g/mol. The maximum absolute atomic E-state index is 12.8. The number of aryl methyl sites for hydroxylation is 2. The van der Waals surface area contributed by atoms with Gasteiger partial charge in [0.1, 0.15) is 0 Å². The molecule has 2 heterocycles. The van der Waals surface area contributed by atoms with Crippen molar-refractivity contribution >= 4 is 37.4 Å². The molecular weight excluding hydrogens is 322 g/mol. The van der Waals surface area contributed by atoms with E-state index in [4.69, 9.17) is 0 Å². The van der Waals surface area contributed by atoms with Crippen molar-refractivity contribution in [2.24, 2.45) is 0 Å². The Hall–Kier alpha value is -2.21. The predicted octanol–water partition coefficient (Wildman–Crippen LogP) is 3.22. The number of carbonyl (C=O) groups is 1. The van der Waals surface area contributed by atoms with Crippen molar-refractivity contribution in [2.75, 3.05) is 0 Å². The molecule has 0 aliphatic heterocycles. The molecule has 0 unspecified atom stereocenters. The molecule has 0 atom stereocenters. The molecule has 6 heteroatoms. The number of nitrogens with zero attached hydrogens (tertiary/aromatic N) is 2. The van der Waals surface area contributed by atoms with Crippen LogP contribution in [0, 0.1) is 6.92 Å². The molecule has 1 aromatic carbocycles. The Kier molecular flexibility index (Phi) is 4.66. The summed E-state index contributed by atoms with van der Waals surface area (Å²) < 4.78 is 3.55. The highest BCUT2D eigenvalue weighted by molar-refractivity contribution is 7.26. The van der Waals surface area contributed by atoms with E-state index in [0.717, 1.165) is 25.9 Å². The number of nitrogens with one attached hydrogen (secondary N) is 1.